The summed E-state index contributed by atoms with van der Waals surface area (Å²) in [7, 11) is 0. The molecule has 1 N–H and O–H groups in total. The molecule has 1 aliphatic heterocycles. The Labute approximate surface area is 137 Å². The number of nitrogens with one attached hydrogen (secondary N) is 1. The summed E-state index contributed by atoms with van der Waals surface area (Å²) in [4.78, 5) is 18.7. The molecule has 1 amide bonds. The van der Waals surface area contributed by atoms with Gasteiger partial charge in [0.1, 0.15) is 0 Å². The van der Waals surface area contributed by atoms with Gasteiger partial charge in [-0.2, -0.15) is 4.98 Å². The van der Waals surface area contributed by atoms with Crippen molar-refractivity contribution in [1.82, 2.24) is 20.4 Å². The topological polar surface area (TPSA) is 80.5 Å². The number of amides is 1. The highest BCUT2D eigenvalue weighted by Crippen LogP contribution is 2.18. The van der Waals surface area contributed by atoms with E-state index in [1.165, 1.54) is 0 Å². The molecule has 0 aliphatic carbocycles. The molecule has 1 aromatic rings. The van der Waals surface area contributed by atoms with E-state index in [9.17, 15) is 4.79 Å². The minimum absolute atomic E-state index is 0.0151. The SMILES string of the molecule is C[C@@H](CN1CCOCC1)NC(=O)CCc1nc(C(C)(C)C)no1. The number of carbonyl (C=O) groups excluding carboxylic acids is 1. The van der Waals surface area contributed by atoms with Gasteiger partial charge in [-0.3, -0.25) is 9.69 Å². The van der Waals surface area contributed by atoms with Gasteiger partial charge >= 0.3 is 0 Å². The Bertz CT molecular complexity index is 504. The summed E-state index contributed by atoms with van der Waals surface area (Å²) in [6, 6.07) is 0.119. The lowest BCUT2D eigenvalue weighted by Crippen LogP contribution is -2.46. The first-order valence-corrected chi connectivity index (χ1v) is 8.27. The normalized spacial score (nSPS) is 17.9. The molecule has 1 aromatic heterocycles. The molecule has 1 aliphatic rings. The van der Waals surface area contributed by atoms with Crippen molar-refractivity contribution in [2.24, 2.45) is 0 Å². The van der Waals surface area contributed by atoms with Crippen LogP contribution in [0.2, 0.25) is 0 Å². The Kier molecular flexibility index (Phi) is 6.12. The maximum atomic E-state index is 12.0. The van der Waals surface area contributed by atoms with Crippen molar-refractivity contribution in [3.8, 4) is 0 Å². The molecule has 2 rings (SSSR count). The van der Waals surface area contributed by atoms with E-state index in [4.69, 9.17) is 9.26 Å². The summed E-state index contributed by atoms with van der Waals surface area (Å²) in [5.41, 5.74) is -0.142. The van der Waals surface area contributed by atoms with Crippen LogP contribution in [0.3, 0.4) is 0 Å². The summed E-state index contributed by atoms with van der Waals surface area (Å²) in [5.74, 6) is 1.21. The molecule has 1 atom stereocenters. The van der Waals surface area contributed by atoms with Gasteiger partial charge in [-0.25, -0.2) is 0 Å². The fourth-order valence-corrected chi connectivity index (χ4v) is 2.45. The van der Waals surface area contributed by atoms with E-state index in [2.05, 4.69) is 20.4 Å². The third kappa shape index (κ3) is 5.91. The van der Waals surface area contributed by atoms with E-state index < -0.39 is 0 Å². The van der Waals surface area contributed by atoms with Crippen molar-refractivity contribution in [3.05, 3.63) is 11.7 Å². The fraction of sp³-hybridized carbons (Fsp3) is 0.812. The molecule has 0 bridgehead atoms. The van der Waals surface area contributed by atoms with Crippen molar-refractivity contribution in [1.29, 1.82) is 0 Å². The Balaban J connectivity index is 1.71. The third-order valence-electron chi connectivity index (χ3n) is 3.75. The van der Waals surface area contributed by atoms with Crippen molar-refractivity contribution < 1.29 is 14.1 Å². The minimum Gasteiger partial charge on any atom is -0.379 e. The average molecular weight is 324 g/mol. The van der Waals surface area contributed by atoms with Gasteiger partial charge in [0, 0.05) is 43.9 Å². The Morgan fingerprint density at radius 2 is 2.04 bits per heavy atom. The first-order valence-electron chi connectivity index (χ1n) is 8.27. The van der Waals surface area contributed by atoms with Crippen LogP contribution in [0.1, 0.15) is 45.8 Å². The molecular formula is C16H28N4O3. The smallest absolute Gasteiger partial charge is 0.227 e. The van der Waals surface area contributed by atoms with Gasteiger partial charge in [-0.15, -0.1) is 0 Å². The van der Waals surface area contributed by atoms with Crippen LogP contribution in [0.5, 0.6) is 0 Å². The highest BCUT2D eigenvalue weighted by Gasteiger charge is 2.21. The monoisotopic (exact) mass is 324 g/mol. The van der Waals surface area contributed by atoms with Crippen LogP contribution < -0.4 is 5.32 Å². The Morgan fingerprint density at radius 3 is 2.65 bits per heavy atom. The molecule has 0 spiro atoms. The molecule has 130 valence electrons. The molecule has 23 heavy (non-hydrogen) atoms. The lowest BCUT2D eigenvalue weighted by molar-refractivity contribution is -0.121. The number of carbonyl (C=O) groups is 1. The zero-order valence-electron chi connectivity index (χ0n) is 14.6. The molecule has 7 heteroatoms. The van der Waals surface area contributed by atoms with Crippen LogP contribution in [-0.2, 0) is 21.4 Å². The van der Waals surface area contributed by atoms with E-state index in [0.717, 1.165) is 32.8 Å². The van der Waals surface area contributed by atoms with Gasteiger partial charge in [0.25, 0.3) is 0 Å². The number of aryl methyl sites for hydroxylation is 1. The van der Waals surface area contributed by atoms with Crippen LogP contribution in [0, 0.1) is 0 Å². The quantitative estimate of drug-likeness (QED) is 0.845. The molecule has 7 nitrogen and oxygen atoms in total. The molecule has 1 fully saturated rings. The second-order valence-corrected chi connectivity index (χ2v) is 7.14. The summed E-state index contributed by atoms with van der Waals surface area (Å²) in [5, 5.41) is 6.99. The molecular weight excluding hydrogens is 296 g/mol. The summed E-state index contributed by atoms with van der Waals surface area (Å²) in [6.07, 6.45) is 0.832. The summed E-state index contributed by atoms with van der Waals surface area (Å²) >= 11 is 0. The molecule has 2 heterocycles. The van der Waals surface area contributed by atoms with Gasteiger partial charge in [0.2, 0.25) is 11.8 Å². The average Bonchev–Trinajstić information content (AvgIpc) is 2.95. The number of rotatable bonds is 6. The predicted octanol–water partition coefficient (Wildman–Crippen LogP) is 1.14. The second kappa shape index (κ2) is 7.88. The maximum Gasteiger partial charge on any atom is 0.227 e. The van der Waals surface area contributed by atoms with Crippen molar-refractivity contribution >= 4 is 5.91 Å². The van der Waals surface area contributed by atoms with Gasteiger partial charge in [-0.05, 0) is 6.92 Å². The highest BCUT2D eigenvalue weighted by molar-refractivity contribution is 5.76. The van der Waals surface area contributed by atoms with E-state index in [1.807, 2.05) is 27.7 Å². The maximum absolute atomic E-state index is 12.0. The standard InChI is InChI=1S/C16H28N4O3/c1-12(11-20-7-9-22-10-8-20)17-13(21)5-6-14-18-15(19-23-14)16(2,3)4/h12H,5-11H2,1-4H3,(H,17,21)/t12-/m0/s1. The number of ether oxygens (including phenoxy) is 1. The number of nitrogens with zero attached hydrogens (tertiary/aromatic N) is 3. The minimum atomic E-state index is -0.142. The van der Waals surface area contributed by atoms with Crippen LogP contribution in [0.25, 0.3) is 0 Å². The number of hydrogen-bond donors (Lipinski definition) is 1. The van der Waals surface area contributed by atoms with Gasteiger partial charge in [0.05, 0.1) is 13.2 Å². The van der Waals surface area contributed by atoms with Crippen LogP contribution >= 0.6 is 0 Å². The number of aromatic nitrogens is 2. The van der Waals surface area contributed by atoms with E-state index in [-0.39, 0.29) is 17.4 Å². The number of hydrogen-bond acceptors (Lipinski definition) is 6. The lowest BCUT2D eigenvalue weighted by Gasteiger charge is -2.29. The van der Waals surface area contributed by atoms with E-state index in [1.54, 1.807) is 0 Å². The third-order valence-corrected chi connectivity index (χ3v) is 3.75. The summed E-state index contributed by atoms with van der Waals surface area (Å²) in [6.45, 7) is 12.4. The Morgan fingerprint density at radius 1 is 1.35 bits per heavy atom. The number of morpholine rings is 1. The fourth-order valence-electron chi connectivity index (χ4n) is 2.45. The molecule has 0 radical (unpaired) electrons. The molecule has 0 saturated carbocycles. The zero-order chi connectivity index (χ0) is 16.9. The molecule has 0 aromatic carbocycles. The van der Waals surface area contributed by atoms with Gasteiger partial charge in [-0.1, -0.05) is 25.9 Å². The largest absolute Gasteiger partial charge is 0.379 e. The second-order valence-electron chi connectivity index (χ2n) is 7.14. The lowest BCUT2D eigenvalue weighted by atomic mass is 9.96. The van der Waals surface area contributed by atoms with E-state index >= 15 is 0 Å². The van der Waals surface area contributed by atoms with Crippen LogP contribution in [-0.4, -0.2) is 59.8 Å². The first kappa shape index (κ1) is 17.9. The van der Waals surface area contributed by atoms with E-state index in [0.29, 0.717) is 24.6 Å². The van der Waals surface area contributed by atoms with Crippen LogP contribution in [0.15, 0.2) is 4.52 Å². The molecule has 1 saturated heterocycles. The Hall–Kier alpha value is -1.47. The van der Waals surface area contributed by atoms with Crippen molar-refractivity contribution in [2.45, 2.75) is 52.0 Å². The van der Waals surface area contributed by atoms with Crippen molar-refractivity contribution in [2.75, 3.05) is 32.8 Å². The zero-order valence-corrected chi connectivity index (χ0v) is 14.6. The predicted molar refractivity (Wildman–Crippen MR) is 86.2 cm³/mol. The van der Waals surface area contributed by atoms with Crippen LogP contribution in [0.4, 0.5) is 0 Å². The van der Waals surface area contributed by atoms with Gasteiger partial charge in [0.15, 0.2) is 5.82 Å². The molecule has 0 unspecified atom stereocenters. The summed E-state index contributed by atoms with van der Waals surface area (Å²) < 4.78 is 10.5. The first-order chi connectivity index (χ1) is 10.8. The highest BCUT2D eigenvalue weighted by atomic mass is 16.5. The van der Waals surface area contributed by atoms with Gasteiger partial charge < -0.3 is 14.6 Å². The van der Waals surface area contributed by atoms with Crippen molar-refractivity contribution in [3.63, 3.8) is 0 Å².